The highest BCUT2D eigenvalue weighted by atomic mass is 16.5. The van der Waals surface area contributed by atoms with E-state index in [0.29, 0.717) is 13.1 Å². The van der Waals surface area contributed by atoms with Gasteiger partial charge in [-0.1, -0.05) is 36.4 Å². The Morgan fingerprint density at radius 1 is 1.09 bits per heavy atom. The Morgan fingerprint density at radius 2 is 1.78 bits per heavy atom. The molecule has 0 saturated carbocycles. The van der Waals surface area contributed by atoms with Crippen molar-refractivity contribution in [2.24, 2.45) is 17.1 Å². The summed E-state index contributed by atoms with van der Waals surface area (Å²) in [6, 6.07) is 18.6. The van der Waals surface area contributed by atoms with E-state index in [4.69, 9.17) is 10.5 Å². The lowest BCUT2D eigenvalue weighted by molar-refractivity contribution is 0.174. The number of nitrogens with zero attached hydrogens (tertiary/aromatic N) is 4. The quantitative estimate of drug-likeness (QED) is 0.799. The summed E-state index contributed by atoms with van der Waals surface area (Å²) in [5.74, 6) is -0.0217. The molecule has 160 valence electrons. The second-order valence-electron chi connectivity index (χ2n) is 8.63. The van der Waals surface area contributed by atoms with Gasteiger partial charge in [0.05, 0.1) is 30.5 Å². The van der Waals surface area contributed by atoms with Crippen molar-refractivity contribution in [2.45, 2.75) is 25.8 Å². The van der Waals surface area contributed by atoms with Crippen LogP contribution in [-0.2, 0) is 0 Å². The van der Waals surface area contributed by atoms with Crippen molar-refractivity contribution < 1.29 is 4.74 Å². The third-order valence-electron chi connectivity index (χ3n) is 6.90. The van der Waals surface area contributed by atoms with Crippen LogP contribution in [0.1, 0.15) is 25.3 Å². The fourth-order valence-corrected chi connectivity index (χ4v) is 5.21. The summed E-state index contributed by atoms with van der Waals surface area (Å²) in [5.41, 5.74) is 6.84. The molecule has 1 heterocycles. The van der Waals surface area contributed by atoms with Crippen molar-refractivity contribution in [3.05, 3.63) is 64.9 Å². The van der Waals surface area contributed by atoms with Gasteiger partial charge in [0, 0.05) is 36.4 Å². The molecule has 0 spiro atoms. The number of nitrogens with two attached hydrogens (primary N) is 1. The number of fused-ring (bicyclic) bond motifs is 2. The first-order chi connectivity index (χ1) is 15.4. The van der Waals surface area contributed by atoms with E-state index in [1.807, 2.05) is 42.5 Å². The van der Waals surface area contributed by atoms with E-state index in [0.717, 1.165) is 27.7 Å². The topological polar surface area (TPSA) is 110 Å². The minimum Gasteiger partial charge on any atom is -0.496 e. The van der Waals surface area contributed by atoms with Crippen LogP contribution in [-0.4, -0.2) is 31.1 Å². The van der Waals surface area contributed by atoms with Crippen molar-refractivity contribution in [2.75, 3.05) is 20.2 Å². The highest BCUT2D eigenvalue weighted by molar-refractivity contribution is 5.92. The number of allylic oxidation sites excluding steroid dienone is 2. The molecule has 2 aromatic carbocycles. The number of hydrogen-bond acceptors (Lipinski definition) is 6. The van der Waals surface area contributed by atoms with Crippen molar-refractivity contribution >= 4 is 10.8 Å². The minimum atomic E-state index is -1.65. The predicted molar refractivity (Wildman–Crippen MR) is 122 cm³/mol. The Balaban J connectivity index is 2.07. The van der Waals surface area contributed by atoms with Crippen LogP contribution in [0.2, 0.25) is 0 Å². The van der Waals surface area contributed by atoms with E-state index in [9.17, 15) is 15.8 Å². The molecule has 6 heteroatoms. The summed E-state index contributed by atoms with van der Waals surface area (Å²) in [6.07, 6.45) is 2.04. The van der Waals surface area contributed by atoms with E-state index in [1.54, 1.807) is 7.11 Å². The average molecular weight is 424 g/mol. The fraction of sp³-hybridized carbons (Fsp3) is 0.346. The van der Waals surface area contributed by atoms with Gasteiger partial charge in [0.15, 0.2) is 5.41 Å². The highest BCUT2D eigenvalue weighted by Gasteiger charge is 2.54. The van der Waals surface area contributed by atoms with Crippen LogP contribution in [0.15, 0.2) is 59.3 Å². The molecule has 6 nitrogen and oxygen atoms in total. The molecular formula is C26H25N5O. The first-order valence-electron chi connectivity index (χ1n) is 10.7. The maximum Gasteiger partial charge on any atom is 0.191 e. The molecule has 0 radical (unpaired) electrons. The normalized spacial score (nSPS) is 22.5. The molecule has 0 fully saturated rings. The summed E-state index contributed by atoms with van der Waals surface area (Å²) in [6.45, 7) is 5.58. The van der Waals surface area contributed by atoms with Gasteiger partial charge in [0.2, 0.25) is 0 Å². The number of hydrogen-bond donors (Lipinski definition) is 1. The zero-order valence-electron chi connectivity index (χ0n) is 18.5. The maximum absolute atomic E-state index is 10.3. The number of benzene rings is 2. The van der Waals surface area contributed by atoms with Crippen molar-refractivity contribution in [3.63, 3.8) is 0 Å². The van der Waals surface area contributed by atoms with E-state index >= 15 is 0 Å². The average Bonchev–Trinajstić information content (AvgIpc) is 2.82. The Morgan fingerprint density at radius 3 is 2.38 bits per heavy atom. The Bertz CT molecular complexity index is 1250. The summed E-state index contributed by atoms with van der Waals surface area (Å²) in [4.78, 5) is 2.29. The molecule has 2 aromatic rings. The molecule has 1 aliphatic heterocycles. The fourth-order valence-electron chi connectivity index (χ4n) is 5.21. The highest BCUT2D eigenvalue weighted by Crippen LogP contribution is 2.55. The van der Waals surface area contributed by atoms with Gasteiger partial charge in [-0.15, -0.1) is 0 Å². The van der Waals surface area contributed by atoms with Gasteiger partial charge in [0.25, 0.3) is 0 Å². The number of rotatable bonds is 3. The van der Waals surface area contributed by atoms with Crippen molar-refractivity contribution in [3.8, 4) is 24.0 Å². The Labute approximate surface area is 188 Å². The lowest BCUT2D eigenvalue weighted by Gasteiger charge is -2.46. The molecule has 4 rings (SSSR count). The van der Waals surface area contributed by atoms with Gasteiger partial charge in [-0.05, 0) is 36.4 Å². The molecule has 32 heavy (non-hydrogen) atoms. The van der Waals surface area contributed by atoms with Gasteiger partial charge >= 0.3 is 0 Å². The van der Waals surface area contributed by atoms with Crippen LogP contribution < -0.4 is 10.5 Å². The van der Waals surface area contributed by atoms with Crippen molar-refractivity contribution in [1.82, 2.24) is 4.90 Å². The lowest BCUT2D eigenvalue weighted by atomic mass is 9.57. The zero-order chi connectivity index (χ0) is 23.0. The predicted octanol–water partition coefficient (Wildman–Crippen LogP) is 3.98. The molecule has 2 aliphatic rings. The first-order valence-corrected chi connectivity index (χ1v) is 10.7. The molecule has 0 aromatic heterocycles. The molecule has 2 N–H and O–H groups in total. The molecular weight excluding hydrogens is 398 g/mol. The van der Waals surface area contributed by atoms with Crippen LogP contribution in [0.4, 0.5) is 0 Å². The summed E-state index contributed by atoms with van der Waals surface area (Å²) >= 11 is 0. The Kier molecular flexibility index (Phi) is 5.39. The number of methoxy groups -OCH3 is 1. The smallest absolute Gasteiger partial charge is 0.191 e. The molecule has 0 amide bonds. The van der Waals surface area contributed by atoms with E-state index < -0.39 is 11.3 Å². The zero-order valence-corrected chi connectivity index (χ0v) is 18.5. The molecule has 0 unspecified atom stereocenters. The minimum absolute atomic E-state index is 0.0513. The molecule has 2 atom stereocenters. The van der Waals surface area contributed by atoms with Crippen molar-refractivity contribution in [1.29, 1.82) is 15.8 Å². The third kappa shape index (κ3) is 2.94. The van der Waals surface area contributed by atoms with Crippen LogP contribution in [0, 0.1) is 45.3 Å². The van der Waals surface area contributed by atoms with Gasteiger partial charge in [-0.3, -0.25) is 4.90 Å². The third-order valence-corrected chi connectivity index (χ3v) is 6.90. The van der Waals surface area contributed by atoms with Gasteiger partial charge in [-0.2, -0.15) is 15.8 Å². The summed E-state index contributed by atoms with van der Waals surface area (Å²) in [7, 11) is 1.62. The molecule has 1 aliphatic carbocycles. The van der Waals surface area contributed by atoms with E-state index in [2.05, 4.69) is 37.0 Å². The number of nitriles is 3. The van der Waals surface area contributed by atoms with Crippen LogP contribution in [0.5, 0.6) is 5.75 Å². The molecule has 0 saturated heterocycles. The van der Waals surface area contributed by atoms with Gasteiger partial charge < -0.3 is 10.5 Å². The van der Waals surface area contributed by atoms with Gasteiger partial charge in [0.1, 0.15) is 11.8 Å². The van der Waals surface area contributed by atoms with Crippen LogP contribution in [0.3, 0.4) is 0 Å². The van der Waals surface area contributed by atoms with Crippen LogP contribution in [0.25, 0.3) is 10.8 Å². The second kappa shape index (κ2) is 8.04. The maximum atomic E-state index is 10.3. The standard InChI is InChI=1S/C26H25N5O/c1-16(2)31-11-10-18-21(12-27)25(30)26(14-28,15-29)24(22(18)13-31)20-8-9-23(32-3)19-7-5-4-6-17(19)20/h4-10,16,22,24H,11,13,30H2,1-3H3/t22-,24+/m1/s1. The first kappa shape index (κ1) is 21.4. The van der Waals surface area contributed by atoms with Crippen LogP contribution >= 0.6 is 0 Å². The summed E-state index contributed by atoms with van der Waals surface area (Å²) in [5, 5.41) is 32.4. The summed E-state index contributed by atoms with van der Waals surface area (Å²) < 4.78 is 5.56. The lowest BCUT2D eigenvalue weighted by Crippen LogP contribution is -2.49. The number of ether oxygens (including phenoxy) is 1. The van der Waals surface area contributed by atoms with E-state index in [-0.39, 0.29) is 23.2 Å². The van der Waals surface area contributed by atoms with E-state index in [1.165, 1.54) is 0 Å². The second-order valence-corrected chi connectivity index (χ2v) is 8.63. The van der Waals surface area contributed by atoms with Gasteiger partial charge in [-0.25, -0.2) is 0 Å². The largest absolute Gasteiger partial charge is 0.496 e. The SMILES string of the molecule is COc1ccc([C@H]2[C@@H]3CN(C(C)C)CC=C3C(C#N)=C(N)C2(C#N)C#N)c2ccccc12. The molecule has 0 bridgehead atoms. The Hall–Kier alpha value is -3.79. The monoisotopic (exact) mass is 423 g/mol.